The zero-order valence-corrected chi connectivity index (χ0v) is 12.1. The van der Waals surface area contributed by atoms with Gasteiger partial charge in [0.05, 0.1) is 5.69 Å². The largest absolute Gasteiger partial charge is 0.365 e. The summed E-state index contributed by atoms with van der Waals surface area (Å²) in [5.74, 6) is -0.226. The van der Waals surface area contributed by atoms with E-state index in [4.69, 9.17) is 10.3 Å². The summed E-state index contributed by atoms with van der Waals surface area (Å²) in [6.07, 6.45) is 0. The Hall–Kier alpha value is -3.09. The first-order chi connectivity index (χ1) is 10.5. The normalized spacial score (nSPS) is 10.8. The zero-order chi connectivity index (χ0) is 15.9. The first kappa shape index (κ1) is 13.9. The molecule has 0 aliphatic carbocycles. The summed E-state index contributed by atoms with van der Waals surface area (Å²) >= 11 is 0. The molecule has 0 saturated carbocycles. The molecule has 0 saturated heterocycles. The molecular formula is C15H14N4O3. The third-order valence-corrected chi connectivity index (χ3v) is 3.38. The number of carbonyl (C=O) groups excluding carboxylic acids is 1. The summed E-state index contributed by atoms with van der Waals surface area (Å²) in [7, 11) is 1.67. The van der Waals surface area contributed by atoms with Gasteiger partial charge < -0.3 is 10.3 Å². The number of rotatable bonds is 3. The van der Waals surface area contributed by atoms with E-state index in [1.54, 1.807) is 49.0 Å². The average molecular weight is 298 g/mol. The summed E-state index contributed by atoms with van der Waals surface area (Å²) < 4.78 is 7.96. The van der Waals surface area contributed by atoms with Crippen molar-refractivity contribution in [2.75, 3.05) is 0 Å². The predicted octanol–water partition coefficient (Wildman–Crippen LogP) is 1.24. The minimum absolute atomic E-state index is 0.111. The van der Waals surface area contributed by atoms with Gasteiger partial charge in [0, 0.05) is 13.1 Å². The van der Waals surface area contributed by atoms with E-state index < -0.39 is 11.5 Å². The van der Waals surface area contributed by atoms with Crippen LogP contribution in [0, 0.1) is 6.92 Å². The molecule has 7 heteroatoms. The molecule has 0 aliphatic heterocycles. The quantitative estimate of drug-likeness (QED) is 0.786. The Labute approximate surface area is 125 Å². The number of nitrogens with zero attached hydrogens (tertiary/aromatic N) is 3. The lowest BCUT2D eigenvalue weighted by molar-refractivity contribution is 0.1000. The molecule has 7 nitrogen and oxygen atoms in total. The van der Waals surface area contributed by atoms with E-state index in [-0.39, 0.29) is 5.56 Å². The van der Waals surface area contributed by atoms with Crippen molar-refractivity contribution in [2.45, 2.75) is 6.92 Å². The Morgan fingerprint density at radius 3 is 2.50 bits per heavy atom. The summed E-state index contributed by atoms with van der Waals surface area (Å²) in [5, 5.41) is 3.88. The number of aryl methyl sites for hydroxylation is 1. The van der Waals surface area contributed by atoms with Gasteiger partial charge in [-0.25, -0.2) is 4.68 Å². The van der Waals surface area contributed by atoms with Crippen LogP contribution in [-0.2, 0) is 7.05 Å². The summed E-state index contributed by atoms with van der Waals surface area (Å²) in [6.45, 7) is 1.73. The molecule has 0 radical (unpaired) electrons. The molecule has 3 rings (SSSR count). The maximum absolute atomic E-state index is 12.6. The predicted molar refractivity (Wildman–Crippen MR) is 79.8 cm³/mol. The van der Waals surface area contributed by atoms with Crippen LogP contribution in [0.5, 0.6) is 0 Å². The van der Waals surface area contributed by atoms with Gasteiger partial charge in [-0.15, -0.1) is 0 Å². The maximum Gasteiger partial charge on any atom is 0.284 e. The van der Waals surface area contributed by atoms with Gasteiger partial charge in [-0.3, -0.25) is 14.3 Å². The lowest BCUT2D eigenvalue weighted by Gasteiger charge is -2.08. The molecule has 0 aliphatic rings. The van der Waals surface area contributed by atoms with E-state index in [2.05, 4.69) is 5.16 Å². The number of para-hydroxylation sites is 1. The Balaban J connectivity index is 2.36. The van der Waals surface area contributed by atoms with Gasteiger partial charge in [0.1, 0.15) is 22.7 Å². The van der Waals surface area contributed by atoms with E-state index in [9.17, 15) is 9.59 Å². The first-order valence-electron chi connectivity index (χ1n) is 6.61. The Morgan fingerprint density at radius 2 is 1.95 bits per heavy atom. The molecule has 0 bridgehead atoms. The first-order valence-corrected chi connectivity index (χ1v) is 6.61. The van der Waals surface area contributed by atoms with Gasteiger partial charge in [-0.05, 0) is 19.1 Å². The molecule has 0 spiro atoms. The highest BCUT2D eigenvalue weighted by Gasteiger charge is 2.25. The lowest BCUT2D eigenvalue weighted by Crippen LogP contribution is -2.25. The molecule has 22 heavy (non-hydrogen) atoms. The highest BCUT2D eigenvalue weighted by molar-refractivity contribution is 5.98. The highest BCUT2D eigenvalue weighted by Crippen LogP contribution is 2.22. The molecule has 3 aromatic rings. The smallest absolute Gasteiger partial charge is 0.284 e. The van der Waals surface area contributed by atoms with E-state index in [0.717, 1.165) is 0 Å². The molecule has 2 heterocycles. The maximum atomic E-state index is 12.6. The van der Waals surface area contributed by atoms with Gasteiger partial charge in [-0.1, -0.05) is 23.4 Å². The second-order valence-corrected chi connectivity index (χ2v) is 4.89. The number of hydrogen-bond acceptors (Lipinski definition) is 4. The van der Waals surface area contributed by atoms with Crippen LogP contribution in [0.2, 0.25) is 0 Å². The molecule has 2 aromatic heterocycles. The average Bonchev–Trinajstić information content (AvgIpc) is 3.01. The van der Waals surface area contributed by atoms with Gasteiger partial charge in [0.25, 0.3) is 11.5 Å². The van der Waals surface area contributed by atoms with Crippen molar-refractivity contribution in [3.63, 3.8) is 0 Å². The minimum atomic E-state index is -0.800. The van der Waals surface area contributed by atoms with Gasteiger partial charge >= 0.3 is 0 Å². The van der Waals surface area contributed by atoms with E-state index in [1.807, 2.05) is 6.07 Å². The summed E-state index contributed by atoms with van der Waals surface area (Å²) in [5.41, 5.74) is 6.15. The number of hydrogen-bond donors (Lipinski definition) is 1. The molecular weight excluding hydrogens is 284 g/mol. The van der Waals surface area contributed by atoms with Crippen LogP contribution in [0.1, 0.15) is 16.1 Å². The SMILES string of the molecule is Cc1cc(-c2c(C(N)=O)c(=O)n(-c3ccccc3)n2C)no1. The van der Waals surface area contributed by atoms with E-state index in [1.165, 1.54) is 4.68 Å². The minimum Gasteiger partial charge on any atom is -0.365 e. The molecule has 1 amide bonds. The lowest BCUT2D eigenvalue weighted by atomic mass is 10.2. The number of primary amides is 1. The third-order valence-electron chi connectivity index (χ3n) is 3.38. The Morgan fingerprint density at radius 1 is 1.27 bits per heavy atom. The molecule has 0 atom stereocenters. The van der Waals surface area contributed by atoms with Gasteiger partial charge in [-0.2, -0.15) is 0 Å². The zero-order valence-electron chi connectivity index (χ0n) is 12.1. The fourth-order valence-electron chi connectivity index (χ4n) is 2.46. The van der Waals surface area contributed by atoms with Crippen LogP contribution in [0.4, 0.5) is 0 Å². The number of carbonyl (C=O) groups is 1. The van der Waals surface area contributed by atoms with Crippen molar-refractivity contribution in [3.8, 4) is 17.1 Å². The van der Waals surface area contributed by atoms with Crippen LogP contribution in [-0.4, -0.2) is 20.4 Å². The van der Waals surface area contributed by atoms with Crippen LogP contribution in [0.3, 0.4) is 0 Å². The van der Waals surface area contributed by atoms with Crippen LogP contribution in [0.25, 0.3) is 17.1 Å². The van der Waals surface area contributed by atoms with Gasteiger partial charge in [0.15, 0.2) is 0 Å². The van der Waals surface area contributed by atoms with Crippen molar-refractivity contribution >= 4 is 5.91 Å². The van der Waals surface area contributed by atoms with Crippen LogP contribution >= 0.6 is 0 Å². The summed E-state index contributed by atoms with van der Waals surface area (Å²) in [4.78, 5) is 24.4. The van der Waals surface area contributed by atoms with Crippen LogP contribution < -0.4 is 11.3 Å². The fraction of sp³-hybridized carbons (Fsp3) is 0.133. The molecule has 0 unspecified atom stereocenters. The summed E-state index contributed by atoms with van der Waals surface area (Å²) in [6, 6.07) is 10.6. The molecule has 1 aromatic carbocycles. The van der Waals surface area contributed by atoms with Crippen molar-refractivity contribution in [1.82, 2.24) is 14.5 Å². The van der Waals surface area contributed by atoms with E-state index in [0.29, 0.717) is 22.8 Å². The number of amides is 1. The number of aromatic nitrogens is 3. The fourth-order valence-corrected chi connectivity index (χ4v) is 2.46. The van der Waals surface area contributed by atoms with Crippen molar-refractivity contribution < 1.29 is 9.32 Å². The second-order valence-electron chi connectivity index (χ2n) is 4.89. The van der Waals surface area contributed by atoms with Crippen molar-refractivity contribution in [2.24, 2.45) is 12.8 Å². The highest BCUT2D eigenvalue weighted by atomic mass is 16.5. The van der Waals surface area contributed by atoms with Crippen molar-refractivity contribution in [3.05, 3.63) is 58.1 Å². The number of benzene rings is 1. The van der Waals surface area contributed by atoms with Crippen molar-refractivity contribution in [1.29, 1.82) is 0 Å². The third kappa shape index (κ3) is 2.03. The Bertz CT molecular complexity index is 903. The topological polar surface area (TPSA) is 96.1 Å². The molecule has 112 valence electrons. The number of nitrogens with two attached hydrogens (primary N) is 1. The van der Waals surface area contributed by atoms with Gasteiger partial charge in [0.2, 0.25) is 0 Å². The molecule has 2 N–H and O–H groups in total. The van der Waals surface area contributed by atoms with Crippen LogP contribution in [0.15, 0.2) is 45.7 Å². The second kappa shape index (κ2) is 5.03. The standard InChI is InChI=1S/C15H14N4O3/c1-9-8-11(17-22-9)13-12(14(16)20)15(21)19(18(13)2)10-6-4-3-5-7-10/h3-8H,1-2H3,(H2,16,20). The Kier molecular flexibility index (Phi) is 3.17. The monoisotopic (exact) mass is 298 g/mol. The van der Waals surface area contributed by atoms with E-state index >= 15 is 0 Å². The molecule has 0 fully saturated rings.